The monoisotopic (exact) mass is 332 g/mol. The van der Waals surface area contributed by atoms with Crippen LogP contribution in [-0.2, 0) is 11.3 Å². The van der Waals surface area contributed by atoms with E-state index in [1.165, 1.54) is 0 Å². The van der Waals surface area contributed by atoms with Crippen LogP contribution >= 0.6 is 0 Å². The minimum absolute atomic E-state index is 0.0733. The van der Waals surface area contributed by atoms with Gasteiger partial charge >= 0.3 is 0 Å². The summed E-state index contributed by atoms with van der Waals surface area (Å²) in [6, 6.07) is 20.4. The van der Waals surface area contributed by atoms with Gasteiger partial charge in [0.15, 0.2) is 0 Å². The average molecular weight is 332 g/mol. The lowest BCUT2D eigenvalue weighted by atomic mass is 10.1. The van der Waals surface area contributed by atoms with Gasteiger partial charge in [0.25, 0.3) is 0 Å². The van der Waals surface area contributed by atoms with Crippen LogP contribution in [0.5, 0.6) is 0 Å². The fourth-order valence-electron chi connectivity index (χ4n) is 3.15. The van der Waals surface area contributed by atoms with Crippen molar-refractivity contribution in [1.82, 2.24) is 20.2 Å². The Morgan fingerprint density at radius 3 is 2.40 bits per heavy atom. The molecule has 1 aliphatic heterocycles. The van der Waals surface area contributed by atoms with Crippen LogP contribution < -0.4 is 5.43 Å². The number of hydrogen-bond acceptors (Lipinski definition) is 3. The first-order valence-corrected chi connectivity index (χ1v) is 8.46. The van der Waals surface area contributed by atoms with Crippen molar-refractivity contribution in [3.63, 3.8) is 0 Å². The van der Waals surface area contributed by atoms with Gasteiger partial charge in [-0.3, -0.25) is 10.2 Å². The fraction of sp³-hybridized carbons (Fsp3) is 0.200. The molecule has 4 rings (SSSR count). The number of rotatable bonds is 4. The van der Waals surface area contributed by atoms with Gasteiger partial charge in [0.05, 0.1) is 11.4 Å². The molecule has 2 heterocycles. The number of carbonyl (C=O) groups is 1. The third kappa shape index (κ3) is 3.19. The van der Waals surface area contributed by atoms with Crippen molar-refractivity contribution < 1.29 is 4.79 Å². The van der Waals surface area contributed by atoms with Crippen LogP contribution in [0.3, 0.4) is 0 Å². The number of hydrazine groups is 1. The Morgan fingerprint density at radius 1 is 1.08 bits per heavy atom. The third-order valence-corrected chi connectivity index (χ3v) is 4.48. The maximum atomic E-state index is 11.7. The molecule has 1 unspecified atom stereocenters. The number of para-hydroxylation sites is 1. The molecule has 0 radical (unpaired) electrons. The molecule has 0 bridgehead atoms. The van der Waals surface area contributed by atoms with Crippen molar-refractivity contribution in [3.05, 3.63) is 72.4 Å². The normalized spacial score (nSPS) is 17.6. The summed E-state index contributed by atoms with van der Waals surface area (Å²) in [5, 5.41) is 6.80. The highest BCUT2D eigenvalue weighted by atomic mass is 16.2. The molecular formula is C20H20N4O. The first-order chi connectivity index (χ1) is 12.2. The summed E-state index contributed by atoms with van der Waals surface area (Å²) in [4.78, 5) is 11.7. The van der Waals surface area contributed by atoms with E-state index < -0.39 is 0 Å². The summed E-state index contributed by atoms with van der Waals surface area (Å²) < 4.78 is 1.90. The Bertz CT molecular complexity index is 873. The second-order valence-corrected chi connectivity index (χ2v) is 6.37. The zero-order chi connectivity index (χ0) is 17.2. The summed E-state index contributed by atoms with van der Waals surface area (Å²) >= 11 is 0. The van der Waals surface area contributed by atoms with E-state index in [0.29, 0.717) is 13.0 Å². The Kier molecular flexibility index (Phi) is 4.07. The Hall–Kier alpha value is -2.92. The quantitative estimate of drug-likeness (QED) is 0.798. The predicted octanol–water partition coefficient (Wildman–Crippen LogP) is 3.16. The maximum Gasteiger partial charge on any atom is 0.235 e. The van der Waals surface area contributed by atoms with Gasteiger partial charge in [0, 0.05) is 36.3 Å². The van der Waals surface area contributed by atoms with Crippen LogP contribution in [0.1, 0.15) is 18.9 Å². The summed E-state index contributed by atoms with van der Waals surface area (Å²) in [6.07, 6.45) is 2.59. The highest BCUT2D eigenvalue weighted by molar-refractivity contribution is 5.78. The third-order valence-electron chi connectivity index (χ3n) is 4.48. The number of nitrogens with one attached hydrogen (secondary N) is 1. The largest absolute Gasteiger partial charge is 0.288 e. The van der Waals surface area contributed by atoms with Crippen molar-refractivity contribution >= 4 is 5.91 Å². The molecule has 0 aliphatic carbocycles. The highest BCUT2D eigenvalue weighted by Gasteiger charge is 2.27. The molecule has 1 atom stereocenters. The number of benzene rings is 2. The van der Waals surface area contributed by atoms with Crippen molar-refractivity contribution in [2.75, 3.05) is 0 Å². The molecule has 1 aromatic heterocycles. The summed E-state index contributed by atoms with van der Waals surface area (Å²) in [5.41, 5.74) is 7.06. The van der Waals surface area contributed by atoms with Gasteiger partial charge in [-0.05, 0) is 19.1 Å². The Balaban J connectivity index is 1.73. The van der Waals surface area contributed by atoms with E-state index >= 15 is 0 Å². The van der Waals surface area contributed by atoms with E-state index in [0.717, 1.165) is 22.5 Å². The van der Waals surface area contributed by atoms with Crippen LogP contribution in [0.2, 0.25) is 0 Å². The van der Waals surface area contributed by atoms with Crippen LogP contribution in [0, 0.1) is 0 Å². The van der Waals surface area contributed by atoms with Crippen molar-refractivity contribution in [3.8, 4) is 16.9 Å². The first kappa shape index (κ1) is 15.6. The topological polar surface area (TPSA) is 50.2 Å². The van der Waals surface area contributed by atoms with Gasteiger partial charge in [0.1, 0.15) is 0 Å². The van der Waals surface area contributed by atoms with Crippen LogP contribution in [0.4, 0.5) is 0 Å². The van der Waals surface area contributed by atoms with Gasteiger partial charge < -0.3 is 0 Å². The molecule has 3 aromatic rings. The number of hydrogen-bond donors (Lipinski definition) is 1. The Labute approximate surface area is 146 Å². The van der Waals surface area contributed by atoms with Crippen LogP contribution in [0.15, 0.2) is 66.9 Å². The molecule has 126 valence electrons. The SMILES string of the molecule is CC1CC(=O)NN1Cc1cn(-c2ccccc2)nc1-c1ccccc1. The molecule has 2 aromatic carbocycles. The molecule has 5 nitrogen and oxygen atoms in total. The van der Waals surface area contributed by atoms with Crippen molar-refractivity contribution in [2.45, 2.75) is 25.9 Å². The number of nitrogens with zero attached hydrogens (tertiary/aromatic N) is 3. The van der Waals surface area contributed by atoms with Gasteiger partial charge in [-0.15, -0.1) is 0 Å². The van der Waals surface area contributed by atoms with Crippen molar-refractivity contribution in [1.29, 1.82) is 0 Å². The minimum Gasteiger partial charge on any atom is -0.288 e. The van der Waals surface area contributed by atoms with Gasteiger partial charge in [-0.25, -0.2) is 9.69 Å². The van der Waals surface area contributed by atoms with Crippen LogP contribution in [-0.4, -0.2) is 26.7 Å². The maximum absolute atomic E-state index is 11.7. The molecule has 1 aliphatic rings. The molecule has 1 N–H and O–H groups in total. The van der Waals surface area contributed by atoms with Gasteiger partial charge in [0.2, 0.25) is 5.91 Å². The minimum atomic E-state index is 0.0733. The lowest BCUT2D eigenvalue weighted by molar-refractivity contribution is -0.121. The molecule has 5 heteroatoms. The summed E-state index contributed by atoms with van der Waals surface area (Å²) in [5.74, 6) is 0.0733. The van der Waals surface area contributed by atoms with Crippen molar-refractivity contribution in [2.24, 2.45) is 0 Å². The van der Waals surface area contributed by atoms with Gasteiger partial charge in [-0.1, -0.05) is 48.5 Å². The zero-order valence-electron chi connectivity index (χ0n) is 14.1. The van der Waals surface area contributed by atoms with E-state index in [-0.39, 0.29) is 11.9 Å². The van der Waals surface area contributed by atoms with E-state index in [4.69, 9.17) is 5.10 Å². The number of amides is 1. The lowest BCUT2D eigenvalue weighted by Crippen LogP contribution is -2.36. The molecule has 1 saturated heterocycles. The highest BCUT2D eigenvalue weighted by Crippen LogP contribution is 2.26. The van der Waals surface area contributed by atoms with E-state index in [1.807, 2.05) is 58.2 Å². The van der Waals surface area contributed by atoms with Gasteiger partial charge in [-0.2, -0.15) is 5.10 Å². The molecular weight excluding hydrogens is 312 g/mol. The zero-order valence-corrected chi connectivity index (χ0v) is 14.1. The van der Waals surface area contributed by atoms with E-state index in [1.54, 1.807) is 0 Å². The number of carbonyl (C=O) groups excluding carboxylic acids is 1. The molecule has 0 spiro atoms. The Morgan fingerprint density at radius 2 is 1.76 bits per heavy atom. The fourth-order valence-corrected chi connectivity index (χ4v) is 3.15. The summed E-state index contributed by atoms with van der Waals surface area (Å²) in [6.45, 7) is 2.69. The molecule has 1 fully saturated rings. The van der Waals surface area contributed by atoms with Crippen LogP contribution in [0.25, 0.3) is 16.9 Å². The van der Waals surface area contributed by atoms with E-state index in [2.05, 4.69) is 30.7 Å². The van der Waals surface area contributed by atoms with E-state index in [9.17, 15) is 4.79 Å². The molecule has 25 heavy (non-hydrogen) atoms. The molecule has 1 amide bonds. The predicted molar refractivity (Wildman–Crippen MR) is 96.8 cm³/mol. The molecule has 0 saturated carbocycles. The smallest absolute Gasteiger partial charge is 0.235 e. The number of aromatic nitrogens is 2. The lowest BCUT2D eigenvalue weighted by Gasteiger charge is -2.19. The average Bonchev–Trinajstić information content (AvgIpc) is 3.20. The standard InChI is InChI=1S/C20H20N4O/c1-15-12-19(25)21-23(15)13-17-14-24(18-10-6-3-7-11-18)22-20(17)16-8-4-2-5-9-16/h2-11,14-15H,12-13H2,1H3,(H,21,25). The summed E-state index contributed by atoms with van der Waals surface area (Å²) in [7, 11) is 0. The second-order valence-electron chi connectivity index (χ2n) is 6.37. The second kappa shape index (κ2) is 6.53. The first-order valence-electron chi connectivity index (χ1n) is 8.46.